The first-order chi connectivity index (χ1) is 12.4. The fourth-order valence-electron chi connectivity index (χ4n) is 2.36. The molecule has 1 amide bonds. The summed E-state index contributed by atoms with van der Waals surface area (Å²) in [7, 11) is 0. The van der Waals surface area contributed by atoms with Gasteiger partial charge in [-0.25, -0.2) is 18.7 Å². The summed E-state index contributed by atoms with van der Waals surface area (Å²) in [4.78, 5) is 20.5. The first kappa shape index (κ1) is 18.2. The van der Waals surface area contributed by atoms with E-state index in [1.54, 1.807) is 6.07 Å². The molecule has 6 nitrogen and oxygen atoms in total. The molecule has 0 radical (unpaired) electrons. The van der Waals surface area contributed by atoms with E-state index >= 15 is 0 Å². The van der Waals surface area contributed by atoms with Crippen molar-refractivity contribution >= 4 is 33.1 Å². The van der Waals surface area contributed by atoms with E-state index in [1.807, 2.05) is 0 Å². The number of carbonyl (C=O) groups excluding carboxylic acids is 1. The molecule has 4 N–H and O–H groups in total. The molecule has 9 heteroatoms. The Morgan fingerprint density at radius 3 is 2.69 bits per heavy atom. The molecule has 0 saturated heterocycles. The third-order valence-electron chi connectivity index (χ3n) is 3.84. The highest BCUT2D eigenvalue weighted by Gasteiger charge is 2.28. The maximum absolute atomic E-state index is 13.1. The number of halogens is 3. The Morgan fingerprint density at radius 1 is 1.35 bits per heavy atom. The van der Waals surface area contributed by atoms with Gasteiger partial charge in [0.15, 0.2) is 5.82 Å². The van der Waals surface area contributed by atoms with Crippen LogP contribution in [0.25, 0.3) is 5.57 Å². The third kappa shape index (κ3) is 3.98. The van der Waals surface area contributed by atoms with Crippen LogP contribution in [0.5, 0.6) is 5.75 Å². The zero-order valence-electron chi connectivity index (χ0n) is 13.4. The van der Waals surface area contributed by atoms with Crippen LogP contribution in [0.2, 0.25) is 0 Å². The van der Waals surface area contributed by atoms with Gasteiger partial charge in [0.05, 0.1) is 11.3 Å². The van der Waals surface area contributed by atoms with E-state index in [2.05, 4.69) is 31.2 Å². The number of benzene rings is 1. The molecule has 1 aliphatic carbocycles. The van der Waals surface area contributed by atoms with Gasteiger partial charge in [0.2, 0.25) is 0 Å². The van der Waals surface area contributed by atoms with E-state index in [0.29, 0.717) is 10.2 Å². The molecular formula is C17H15BrF2N4O2. The quantitative estimate of drug-likeness (QED) is 0.501. The number of amides is 1. The smallest absolute Gasteiger partial charge is 0.280 e. The molecule has 0 aliphatic heterocycles. The van der Waals surface area contributed by atoms with Crippen LogP contribution >= 0.6 is 15.9 Å². The molecule has 1 heterocycles. The van der Waals surface area contributed by atoms with E-state index < -0.39 is 18.0 Å². The maximum Gasteiger partial charge on any atom is 0.280 e. The summed E-state index contributed by atoms with van der Waals surface area (Å²) in [5.41, 5.74) is 5.54. The van der Waals surface area contributed by atoms with Crippen LogP contribution in [0.3, 0.4) is 0 Å². The molecule has 0 spiro atoms. The van der Waals surface area contributed by atoms with Crippen LogP contribution in [-0.2, 0) is 4.79 Å². The summed E-state index contributed by atoms with van der Waals surface area (Å²) >= 11 is 3.23. The number of hydrogen-bond donors (Lipinski definition) is 3. The Labute approximate surface area is 156 Å². The van der Waals surface area contributed by atoms with Crippen molar-refractivity contribution in [1.29, 1.82) is 0 Å². The van der Waals surface area contributed by atoms with Gasteiger partial charge < -0.3 is 16.2 Å². The molecule has 26 heavy (non-hydrogen) atoms. The van der Waals surface area contributed by atoms with Crippen LogP contribution in [0.1, 0.15) is 42.4 Å². The molecule has 1 fully saturated rings. The third-order valence-corrected chi connectivity index (χ3v) is 4.34. The minimum atomic E-state index is -2.79. The summed E-state index contributed by atoms with van der Waals surface area (Å²) in [6.07, 6.45) is -0.103. The Balaban J connectivity index is 1.93. The number of phenols is 1. The predicted molar refractivity (Wildman–Crippen MR) is 95.6 cm³/mol. The zero-order chi connectivity index (χ0) is 18.8. The second-order valence-electron chi connectivity index (χ2n) is 5.81. The molecule has 2 aromatic rings. The number of nitrogens with zero attached hydrogens (tertiary/aromatic N) is 2. The topological polar surface area (TPSA) is 101 Å². The number of anilines is 1. The zero-order valence-corrected chi connectivity index (χ0v) is 15.0. The predicted octanol–water partition coefficient (Wildman–Crippen LogP) is 3.70. The van der Waals surface area contributed by atoms with E-state index in [0.717, 1.165) is 19.0 Å². The standard InChI is InChI=1S/C17H15BrF2N4O2/c18-9-3-4-14(25)12(5-9)24-17(26)10(7-21)16-22-11(8-1-2-8)6-13(23-16)15(19)20/h3-8,15,25H,1-2,21H2,(H,24,26). The van der Waals surface area contributed by atoms with E-state index in [1.165, 1.54) is 18.2 Å². The van der Waals surface area contributed by atoms with Crippen molar-refractivity contribution in [3.05, 3.63) is 52.2 Å². The maximum atomic E-state index is 13.1. The number of carbonyl (C=O) groups is 1. The molecule has 0 bridgehead atoms. The summed E-state index contributed by atoms with van der Waals surface area (Å²) in [6.45, 7) is 0. The minimum absolute atomic E-state index is 0.102. The SMILES string of the molecule is NC=C(C(=O)Nc1cc(Br)ccc1O)c1nc(C(F)F)cc(C2CC2)n1. The van der Waals surface area contributed by atoms with E-state index in [4.69, 9.17) is 5.73 Å². The van der Waals surface area contributed by atoms with Crippen molar-refractivity contribution in [2.24, 2.45) is 5.73 Å². The molecular weight excluding hydrogens is 410 g/mol. The monoisotopic (exact) mass is 424 g/mol. The average Bonchev–Trinajstić information content (AvgIpc) is 3.43. The summed E-state index contributed by atoms with van der Waals surface area (Å²) in [6, 6.07) is 5.75. The lowest BCUT2D eigenvalue weighted by atomic mass is 10.2. The van der Waals surface area contributed by atoms with E-state index in [9.17, 15) is 18.7 Å². The number of hydrogen-bond acceptors (Lipinski definition) is 5. The van der Waals surface area contributed by atoms with Crippen molar-refractivity contribution in [2.75, 3.05) is 5.32 Å². The summed E-state index contributed by atoms with van der Waals surface area (Å²) in [5, 5.41) is 12.3. The Kier molecular flexibility index (Phi) is 5.17. The fraction of sp³-hybridized carbons (Fsp3) is 0.235. The highest BCUT2D eigenvalue weighted by Crippen LogP contribution is 2.40. The molecule has 0 atom stereocenters. The van der Waals surface area contributed by atoms with Gasteiger partial charge in [-0.05, 0) is 37.1 Å². The van der Waals surface area contributed by atoms with Crippen molar-refractivity contribution in [2.45, 2.75) is 25.2 Å². The normalized spacial score (nSPS) is 14.5. The van der Waals surface area contributed by atoms with Gasteiger partial charge >= 0.3 is 0 Å². The number of rotatable bonds is 5. The Hall–Kier alpha value is -2.55. The first-order valence-electron chi connectivity index (χ1n) is 7.78. The highest BCUT2D eigenvalue weighted by atomic mass is 79.9. The Morgan fingerprint density at radius 2 is 2.08 bits per heavy atom. The Bertz CT molecular complexity index is 865. The van der Waals surface area contributed by atoms with Crippen molar-refractivity contribution in [3.8, 4) is 5.75 Å². The van der Waals surface area contributed by atoms with Crippen LogP contribution in [0.4, 0.5) is 14.5 Å². The summed E-state index contributed by atoms with van der Waals surface area (Å²) < 4.78 is 26.9. The van der Waals surface area contributed by atoms with Crippen LogP contribution in [0, 0.1) is 0 Å². The van der Waals surface area contributed by atoms with Gasteiger partial charge in [-0.1, -0.05) is 15.9 Å². The van der Waals surface area contributed by atoms with Gasteiger partial charge in [-0.3, -0.25) is 4.79 Å². The van der Waals surface area contributed by atoms with Crippen molar-refractivity contribution in [3.63, 3.8) is 0 Å². The second-order valence-corrected chi connectivity index (χ2v) is 6.73. The highest BCUT2D eigenvalue weighted by molar-refractivity contribution is 9.10. The van der Waals surface area contributed by atoms with Crippen LogP contribution < -0.4 is 11.1 Å². The van der Waals surface area contributed by atoms with Gasteiger partial charge in [0.25, 0.3) is 12.3 Å². The fourth-order valence-corrected chi connectivity index (χ4v) is 2.72. The molecule has 1 aromatic carbocycles. The number of phenolic OH excluding ortho intramolecular Hbond substituents is 1. The van der Waals surface area contributed by atoms with Gasteiger partial charge in [0.1, 0.15) is 11.4 Å². The molecule has 1 saturated carbocycles. The lowest BCUT2D eigenvalue weighted by Crippen LogP contribution is -2.17. The van der Waals surface area contributed by atoms with Crippen molar-refractivity contribution < 1.29 is 18.7 Å². The van der Waals surface area contributed by atoms with Gasteiger partial charge in [-0.2, -0.15) is 0 Å². The molecule has 0 unspecified atom stereocenters. The lowest BCUT2D eigenvalue weighted by molar-refractivity contribution is -0.111. The second kappa shape index (κ2) is 7.36. The molecule has 1 aliphatic rings. The first-order valence-corrected chi connectivity index (χ1v) is 8.57. The van der Waals surface area contributed by atoms with Crippen LogP contribution in [-0.4, -0.2) is 21.0 Å². The minimum Gasteiger partial charge on any atom is -0.506 e. The molecule has 136 valence electrons. The number of nitrogens with two attached hydrogens (primary N) is 1. The number of aromatic nitrogens is 2. The van der Waals surface area contributed by atoms with Gasteiger partial charge in [0, 0.05) is 22.3 Å². The van der Waals surface area contributed by atoms with E-state index in [-0.39, 0.29) is 28.8 Å². The van der Waals surface area contributed by atoms with Crippen molar-refractivity contribution in [1.82, 2.24) is 9.97 Å². The lowest BCUT2D eigenvalue weighted by Gasteiger charge is -2.11. The number of alkyl halides is 2. The van der Waals surface area contributed by atoms with Gasteiger partial charge in [-0.15, -0.1) is 0 Å². The number of aromatic hydroxyl groups is 1. The average molecular weight is 425 g/mol. The summed E-state index contributed by atoms with van der Waals surface area (Å²) in [5.74, 6) is -0.933. The molecule has 1 aromatic heterocycles. The molecule has 3 rings (SSSR count). The number of nitrogens with one attached hydrogen (secondary N) is 1. The largest absolute Gasteiger partial charge is 0.506 e. The van der Waals surface area contributed by atoms with Crippen LogP contribution in [0.15, 0.2) is 34.9 Å².